The van der Waals surface area contributed by atoms with Crippen molar-refractivity contribution in [2.24, 2.45) is 11.7 Å². The molecule has 0 radical (unpaired) electrons. The summed E-state index contributed by atoms with van der Waals surface area (Å²) in [6, 6.07) is -0.264. The van der Waals surface area contributed by atoms with Crippen LogP contribution in [0.25, 0.3) is 0 Å². The van der Waals surface area contributed by atoms with Crippen LogP contribution in [0.3, 0.4) is 0 Å². The highest BCUT2D eigenvalue weighted by Crippen LogP contribution is 2.01. The lowest BCUT2D eigenvalue weighted by atomic mass is 10.0. The molecule has 0 saturated heterocycles. The van der Waals surface area contributed by atoms with E-state index in [9.17, 15) is 4.79 Å². The van der Waals surface area contributed by atoms with Gasteiger partial charge in [-0.15, -0.1) is 0 Å². The molecule has 0 heterocycles. The van der Waals surface area contributed by atoms with Gasteiger partial charge in [-0.25, -0.2) is 0 Å². The summed E-state index contributed by atoms with van der Waals surface area (Å²) in [6.07, 6.45) is 1.77. The molecule has 0 bridgehead atoms. The third-order valence-electron chi connectivity index (χ3n) is 1.81. The van der Waals surface area contributed by atoms with Crippen LogP contribution in [0.4, 0.5) is 0 Å². The van der Waals surface area contributed by atoms with Crippen molar-refractivity contribution in [3.05, 3.63) is 0 Å². The van der Waals surface area contributed by atoms with E-state index >= 15 is 0 Å². The Morgan fingerprint density at radius 2 is 1.92 bits per heavy atom. The summed E-state index contributed by atoms with van der Waals surface area (Å²) in [5.74, 6) is 0.326. The Balaban J connectivity index is 0. The van der Waals surface area contributed by atoms with Crippen molar-refractivity contribution in [2.45, 2.75) is 33.2 Å². The molecule has 3 nitrogen and oxygen atoms in total. The lowest BCUT2D eigenvalue weighted by molar-refractivity contribution is -0.109. The van der Waals surface area contributed by atoms with Gasteiger partial charge in [-0.2, -0.15) is 0 Å². The minimum Gasteiger partial charge on any atom is -0.322 e. The van der Waals surface area contributed by atoms with Crippen LogP contribution in [0.1, 0.15) is 27.2 Å². The number of carbonyl (C=O) groups excluding carboxylic acids is 1. The monoisotopic (exact) mass is 174 g/mol. The van der Waals surface area contributed by atoms with Crippen LogP contribution in [-0.2, 0) is 4.79 Å². The number of aldehydes is 1. The van der Waals surface area contributed by atoms with Gasteiger partial charge in [0.1, 0.15) is 6.29 Å². The lowest BCUT2D eigenvalue weighted by Crippen LogP contribution is -2.28. The zero-order valence-corrected chi connectivity index (χ0v) is 8.63. The van der Waals surface area contributed by atoms with E-state index in [0.717, 1.165) is 19.3 Å². The van der Waals surface area contributed by atoms with Crippen LogP contribution in [-0.4, -0.2) is 25.9 Å². The molecule has 2 unspecified atom stereocenters. The van der Waals surface area contributed by atoms with Gasteiger partial charge in [0, 0.05) is 0 Å². The highest BCUT2D eigenvalue weighted by atomic mass is 16.1. The van der Waals surface area contributed by atoms with E-state index in [4.69, 9.17) is 5.73 Å². The highest BCUT2D eigenvalue weighted by Gasteiger charge is 2.07. The minimum atomic E-state index is -0.264. The van der Waals surface area contributed by atoms with Gasteiger partial charge in [0.25, 0.3) is 0 Å². The smallest absolute Gasteiger partial charge is 0.136 e. The van der Waals surface area contributed by atoms with Crippen molar-refractivity contribution in [3.8, 4) is 0 Å². The number of hydrogen-bond acceptors (Lipinski definition) is 3. The molecule has 3 N–H and O–H groups in total. The normalized spacial score (nSPS) is 14.1. The second-order valence-corrected chi connectivity index (χ2v) is 2.81. The summed E-state index contributed by atoms with van der Waals surface area (Å²) in [4.78, 5) is 9.98. The fourth-order valence-electron chi connectivity index (χ4n) is 0.406. The van der Waals surface area contributed by atoms with Crippen LogP contribution >= 0.6 is 0 Å². The number of nitrogens with one attached hydrogen (secondary N) is 1. The van der Waals surface area contributed by atoms with Crippen molar-refractivity contribution in [2.75, 3.05) is 13.6 Å². The maximum absolute atomic E-state index is 9.98. The Morgan fingerprint density at radius 3 is 2.00 bits per heavy atom. The molecule has 0 saturated carbocycles. The summed E-state index contributed by atoms with van der Waals surface area (Å²) in [6.45, 7) is 7.13. The Labute approximate surface area is 75.7 Å². The number of nitrogens with two attached hydrogens (primary N) is 1. The third-order valence-corrected chi connectivity index (χ3v) is 1.81. The molecule has 0 fully saturated rings. The van der Waals surface area contributed by atoms with Crippen molar-refractivity contribution < 1.29 is 4.79 Å². The fourth-order valence-corrected chi connectivity index (χ4v) is 0.406. The van der Waals surface area contributed by atoms with Crippen LogP contribution in [0.15, 0.2) is 0 Å². The molecule has 0 aromatic heterocycles. The quantitative estimate of drug-likeness (QED) is 0.619. The number of rotatable bonds is 4. The molecule has 0 aliphatic carbocycles. The first-order valence-corrected chi connectivity index (χ1v) is 4.49. The molecule has 0 amide bonds. The molecule has 0 rings (SSSR count). The molecule has 3 heteroatoms. The molecule has 2 atom stereocenters. The zero-order chi connectivity index (χ0) is 9.98. The Kier molecular flexibility index (Phi) is 12.5. The SMILES string of the molecule is CCC(C)C(N)C=O.CCNC. The first-order valence-electron chi connectivity index (χ1n) is 4.49. The van der Waals surface area contributed by atoms with Crippen LogP contribution in [0, 0.1) is 5.92 Å². The van der Waals surface area contributed by atoms with E-state index in [1.807, 2.05) is 20.9 Å². The summed E-state index contributed by atoms with van der Waals surface area (Å²) in [5.41, 5.74) is 5.36. The second kappa shape index (κ2) is 10.6. The number of carbonyl (C=O) groups is 1. The molecule has 12 heavy (non-hydrogen) atoms. The van der Waals surface area contributed by atoms with E-state index in [-0.39, 0.29) is 6.04 Å². The fraction of sp³-hybridized carbons (Fsp3) is 0.889. The topological polar surface area (TPSA) is 55.1 Å². The predicted octanol–water partition coefficient (Wildman–Crippen LogP) is 0.784. The molecular weight excluding hydrogens is 152 g/mol. The maximum Gasteiger partial charge on any atom is 0.136 e. The summed E-state index contributed by atoms with van der Waals surface area (Å²) >= 11 is 0. The first-order chi connectivity index (χ1) is 5.63. The van der Waals surface area contributed by atoms with Gasteiger partial charge in [-0.05, 0) is 19.5 Å². The Bertz CT molecular complexity index is 94.5. The highest BCUT2D eigenvalue weighted by molar-refractivity contribution is 5.57. The molecule has 0 aromatic carbocycles. The van der Waals surface area contributed by atoms with Gasteiger partial charge in [0.05, 0.1) is 6.04 Å². The summed E-state index contributed by atoms with van der Waals surface area (Å²) in [5, 5.41) is 2.93. The van der Waals surface area contributed by atoms with E-state index in [2.05, 4.69) is 12.2 Å². The second-order valence-electron chi connectivity index (χ2n) is 2.81. The summed E-state index contributed by atoms with van der Waals surface area (Å²) in [7, 11) is 1.93. The minimum absolute atomic E-state index is 0.264. The van der Waals surface area contributed by atoms with E-state index in [1.54, 1.807) is 0 Å². The lowest BCUT2D eigenvalue weighted by Gasteiger charge is -2.09. The van der Waals surface area contributed by atoms with E-state index in [0.29, 0.717) is 5.92 Å². The summed E-state index contributed by atoms with van der Waals surface area (Å²) < 4.78 is 0. The standard InChI is InChI=1S/C6H13NO.C3H9N/c1-3-5(2)6(7)4-8;1-3-4-2/h4-6H,3,7H2,1-2H3;4H,3H2,1-2H3. The molecule has 74 valence electrons. The molecule has 0 spiro atoms. The van der Waals surface area contributed by atoms with Gasteiger partial charge >= 0.3 is 0 Å². The van der Waals surface area contributed by atoms with Crippen molar-refractivity contribution in [1.82, 2.24) is 5.32 Å². The van der Waals surface area contributed by atoms with Crippen LogP contribution < -0.4 is 11.1 Å². The largest absolute Gasteiger partial charge is 0.322 e. The Hall–Kier alpha value is -0.410. The maximum atomic E-state index is 9.98. The number of hydrogen-bond donors (Lipinski definition) is 2. The average Bonchev–Trinajstić information content (AvgIpc) is 2.15. The molecule has 0 aromatic rings. The Morgan fingerprint density at radius 1 is 1.50 bits per heavy atom. The van der Waals surface area contributed by atoms with E-state index < -0.39 is 0 Å². The van der Waals surface area contributed by atoms with Gasteiger partial charge in [0.15, 0.2) is 0 Å². The van der Waals surface area contributed by atoms with Crippen molar-refractivity contribution in [1.29, 1.82) is 0 Å². The zero-order valence-electron chi connectivity index (χ0n) is 8.63. The molecular formula is C9H22N2O. The van der Waals surface area contributed by atoms with Crippen LogP contribution in [0.5, 0.6) is 0 Å². The average molecular weight is 174 g/mol. The molecule has 0 aliphatic heterocycles. The van der Waals surface area contributed by atoms with E-state index in [1.165, 1.54) is 0 Å². The van der Waals surface area contributed by atoms with Gasteiger partial charge < -0.3 is 15.8 Å². The van der Waals surface area contributed by atoms with Crippen molar-refractivity contribution in [3.63, 3.8) is 0 Å². The third kappa shape index (κ3) is 9.59. The predicted molar refractivity (Wildman–Crippen MR) is 53.1 cm³/mol. The first kappa shape index (κ1) is 14.1. The van der Waals surface area contributed by atoms with Crippen LogP contribution in [0.2, 0.25) is 0 Å². The van der Waals surface area contributed by atoms with Gasteiger partial charge in [-0.3, -0.25) is 0 Å². The molecule has 0 aliphatic rings. The van der Waals surface area contributed by atoms with Crippen molar-refractivity contribution >= 4 is 6.29 Å². The van der Waals surface area contributed by atoms with Gasteiger partial charge in [0.2, 0.25) is 0 Å². The van der Waals surface area contributed by atoms with Gasteiger partial charge in [-0.1, -0.05) is 27.2 Å².